The topological polar surface area (TPSA) is 262 Å². The van der Waals surface area contributed by atoms with Gasteiger partial charge in [0.15, 0.2) is 28.6 Å². The van der Waals surface area contributed by atoms with Crippen LogP contribution in [0.1, 0.15) is 48.8 Å². The zero-order valence-electron chi connectivity index (χ0n) is 28.7. The van der Waals surface area contributed by atoms with Crippen molar-refractivity contribution in [1.29, 1.82) is 0 Å². The molecule has 0 saturated carbocycles. The van der Waals surface area contributed by atoms with Gasteiger partial charge in [-0.3, -0.25) is 23.5 Å². The number of fused-ring (bicyclic) bond motifs is 2. The van der Waals surface area contributed by atoms with Crippen molar-refractivity contribution in [2.45, 2.75) is 34.6 Å². The number of aromatic hydroxyl groups is 1. The Labute approximate surface area is 294 Å². The molecule has 0 aliphatic rings. The average molecular weight is 700 g/mol. The van der Waals surface area contributed by atoms with Gasteiger partial charge in [0.2, 0.25) is 5.56 Å². The van der Waals surface area contributed by atoms with Crippen LogP contribution in [0, 0.1) is 34.6 Å². The van der Waals surface area contributed by atoms with Crippen LogP contribution in [0.15, 0.2) is 53.7 Å². The Bertz CT molecular complexity index is 2740. The quantitative estimate of drug-likeness (QED) is 0.139. The molecular weight excluding hydrogens is 666 g/mol. The third kappa shape index (κ3) is 5.03. The lowest BCUT2D eigenvalue weighted by Crippen LogP contribution is -2.14. The van der Waals surface area contributed by atoms with E-state index in [1.807, 2.05) is 19.9 Å². The number of hydrogen-bond acceptors (Lipinski definition) is 11. The van der Waals surface area contributed by atoms with Crippen molar-refractivity contribution in [3.63, 3.8) is 0 Å². The molecule has 7 aromatic rings. The second-order valence-electron chi connectivity index (χ2n) is 12.4. The number of carbonyl (C=O) groups excluding carboxylic acids is 2. The number of aromatic nitrogens is 7. The van der Waals surface area contributed by atoms with Crippen molar-refractivity contribution >= 4 is 45.5 Å². The molecule has 2 amide bonds. The van der Waals surface area contributed by atoms with E-state index in [1.165, 1.54) is 29.2 Å². The molecule has 2 aromatic carbocycles. The normalized spacial score (nSPS) is 11.4. The summed E-state index contributed by atoms with van der Waals surface area (Å²) in [5.41, 5.74) is 28.9. The highest BCUT2D eigenvalue weighted by Crippen LogP contribution is 2.44. The van der Waals surface area contributed by atoms with Crippen LogP contribution in [0.25, 0.3) is 44.8 Å². The van der Waals surface area contributed by atoms with E-state index >= 15 is 0 Å². The van der Waals surface area contributed by atoms with Gasteiger partial charge in [-0.15, -0.1) is 0 Å². The van der Waals surface area contributed by atoms with Gasteiger partial charge in [-0.05, 0) is 63.9 Å². The molecule has 0 spiro atoms. The molecule has 0 aliphatic heterocycles. The molecule has 10 N–H and O–H groups in total. The van der Waals surface area contributed by atoms with Crippen LogP contribution in [0.5, 0.6) is 17.2 Å². The second-order valence-corrected chi connectivity index (χ2v) is 12.4. The standard InChI is InChI=1S/C36H33N11O5/c1-14-6-7-22(16(3)27(14)46-30(37)25(32(39)50)20-12-42-18(5)44-35(20)46)52-23-10-15(2)28(17(4)29(23)49)47-31(38)26(33(40)51)21-13-43-34(45-36(21)47)19-8-9-41-24(48)11-19/h6-13,49H,37-38H2,1-5H3,(H2,39,50)(H2,40,51)(H,41,48). The Morgan fingerprint density at radius 2 is 1.37 bits per heavy atom. The van der Waals surface area contributed by atoms with Crippen LogP contribution < -0.4 is 33.2 Å². The summed E-state index contributed by atoms with van der Waals surface area (Å²) >= 11 is 0. The highest BCUT2D eigenvalue weighted by atomic mass is 16.5. The summed E-state index contributed by atoms with van der Waals surface area (Å²) in [7, 11) is 0. The number of pyridine rings is 1. The Kier molecular flexibility index (Phi) is 7.66. The molecule has 0 radical (unpaired) electrons. The first-order chi connectivity index (χ1) is 24.7. The minimum atomic E-state index is -0.792. The number of carbonyl (C=O) groups is 2. The van der Waals surface area contributed by atoms with E-state index in [0.717, 1.165) is 5.56 Å². The molecule has 262 valence electrons. The van der Waals surface area contributed by atoms with Gasteiger partial charge in [-0.2, -0.15) is 0 Å². The first-order valence-corrected chi connectivity index (χ1v) is 15.9. The molecule has 16 nitrogen and oxygen atoms in total. The number of phenols is 1. The Hall–Kier alpha value is -7.23. The van der Waals surface area contributed by atoms with E-state index in [2.05, 4.69) is 24.9 Å². The average Bonchev–Trinajstić information content (AvgIpc) is 3.54. The van der Waals surface area contributed by atoms with Crippen LogP contribution in [-0.4, -0.2) is 51.0 Å². The van der Waals surface area contributed by atoms with E-state index in [0.29, 0.717) is 56.2 Å². The fraction of sp³-hybridized carbons (Fsp3) is 0.139. The number of hydrogen-bond donors (Lipinski definition) is 6. The molecular formula is C36H33N11O5. The number of ether oxygens (including phenoxy) is 1. The third-order valence-electron chi connectivity index (χ3n) is 9.06. The van der Waals surface area contributed by atoms with Crippen molar-refractivity contribution < 1.29 is 19.4 Å². The number of anilines is 2. The van der Waals surface area contributed by atoms with Crippen molar-refractivity contribution in [2.75, 3.05) is 11.5 Å². The predicted octanol–water partition coefficient (Wildman–Crippen LogP) is 3.91. The summed E-state index contributed by atoms with van der Waals surface area (Å²) in [4.78, 5) is 57.5. The molecule has 0 bridgehead atoms. The van der Waals surface area contributed by atoms with Crippen LogP contribution in [0.4, 0.5) is 11.6 Å². The van der Waals surface area contributed by atoms with Crippen molar-refractivity contribution in [3.05, 3.63) is 98.5 Å². The number of nitrogen functional groups attached to an aromatic ring is 2. The maximum atomic E-state index is 12.6. The Morgan fingerprint density at radius 1 is 0.769 bits per heavy atom. The lowest BCUT2D eigenvalue weighted by Gasteiger charge is -2.21. The summed E-state index contributed by atoms with van der Waals surface area (Å²) in [6.45, 7) is 8.89. The number of nitrogens with two attached hydrogens (primary N) is 4. The lowest BCUT2D eigenvalue weighted by molar-refractivity contribution is 0.0994. The number of phenolic OH excluding ortho intramolecular Hbond substituents is 1. The number of rotatable bonds is 7. The molecule has 0 saturated heterocycles. The highest BCUT2D eigenvalue weighted by Gasteiger charge is 2.28. The molecule has 5 heterocycles. The lowest BCUT2D eigenvalue weighted by atomic mass is 10.1. The van der Waals surface area contributed by atoms with Gasteiger partial charge in [-0.1, -0.05) is 6.07 Å². The molecule has 16 heteroatoms. The Balaban J connectivity index is 1.38. The minimum Gasteiger partial charge on any atom is -0.504 e. The number of nitrogens with zero attached hydrogens (tertiary/aromatic N) is 6. The summed E-state index contributed by atoms with van der Waals surface area (Å²) in [5.74, 6) is -0.444. The zero-order valence-corrected chi connectivity index (χ0v) is 28.7. The van der Waals surface area contributed by atoms with Gasteiger partial charge in [0.1, 0.15) is 23.2 Å². The molecule has 52 heavy (non-hydrogen) atoms. The molecule has 0 atom stereocenters. The smallest absolute Gasteiger partial charge is 0.253 e. The molecule has 0 fully saturated rings. The number of aromatic amines is 1. The van der Waals surface area contributed by atoms with E-state index < -0.39 is 11.8 Å². The van der Waals surface area contributed by atoms with Gasteiger partial charge in [0.05, 0.1) is 33.3 Å². The van der Waals surface area contributed by atoms with Crippen molar-refractivity contribution in [1.82, 2.24) is 34.1 Å². The SMILES string of the molecule is Cc1ncc2c(C(N)=O)c(N)n(-c3c(C)ccc(Oc4cc(C)c(-n5c(N)c(C(N)=O)c6cnc(-c7cc[nH]c(=O)c7)nc65)c(C)c4O)c3C)c2n1. The fourth-order valence-corrected chi connectivity index (χ4v) is 6.68. The van der Waals surface area contributed by atoms with Gasteiger partial charge in [0.25, 0.3) is 11.8 Å². The summed E-state index contributed by atoms with van der Waals surface area (Å²) in [6.07, 6.45) is 4.41. The molecule has 0 aliphatic carbocycles. The number of amides is 2. The van der Waals surface area contributed by atoms with Crippen LogP contribution >= 0.6 is 0 Å². The predicted molar refractivity (Wildman–Crippen MR) is 195 cm³/mol. The Morgan fingerprint density at radius 3 is 1.98 bits per heavy atom. The largest absolute Gasteiger partial charge is 0.504 e. The molecule has 5 aromatic heterocycles. The first-order valence-electron chi connectivity index (χ1n) is 15.9. The van der Waals surface area contributed by atoms with Gasteiger partial charge < -0.3 is 37.8 Å². The number of nitrogens with one attached hydrogen (secondary N) is 1. The molecule has 0 unspecified atom stereocenters. The third-order valence-corrected chi connectivity index (χ3v) is 9.06. The number of H-pyrrole nitrogens is 1. The maximum absolute atomic E-state index is 12.6. The van der Waals surface area contributed by atoms with Crippen molar-refractivity contribution in [2.24, 2.45) is 11.5 Å². The first kappa shape index (κ1) is 33.3. The van der Waals surface area contributed by atoms with Crippen molar-refractivity contribution in [3.8, 4) is 40.0 Å². The van der Waals surface area contributed by atoms with E-state index in [9.17, 15) is 19.5 Å². The van der Waals surface area contributed by atoms with Crippen LogP contribution in [-0.2, 0) is 0 Å². The number of aryl methyl sites for hydroxylation is 3. The molecule has 7 rings (SSSR count). The van der Waals surface area contributed by atoms with E-state index in [4.69, 9.17) is 27.7 Å². The zero-order chi connectivity index (χ0) is 37.3. The fourth-order valence-electron chi connectivity index (χ4n) is 6.68. The maximum Gasteiger partial charge on any atom is 0.253 e. The van der Waals surface area contributed by atoms with Gasteiger partial charge in [-0.25, -0.2) is 19.9 Å². The summed E-state index contributed by atoms with van der Waals surface area (Å²) < 4.78 is 9.56. The van der Waals surface area contributed by atoms with E-state index in [1.54, 1.807) is 43.5 Å². The summed E-state index contributed by atoms with van der Waals surface area (Å²) in [5, 5.41) is 12.3. The van der Waals surface area contributed by atoms with E-state index in [-0.39, 0.29) is 56.7 Å². The monoisotopic (exact) mass is 699 g/mol. The summed E-state index contributed by atoms with van der Waals surface area (Å²) in [6, 6.07) is 8.19. The highest BCUT2D eigenvalue weighted by molar-refractivity contribution is 6.11. The number of benzene rings is 2. The van der Waals surface area contributed by atoms with Gasteiger partial charge >= 0.3 is 0 Å². The van der Waals surface area contributed by atoms with Crippen LogP contribution in [0.3, 0.4) is 0 Å². The second kappa shape index (κ2) is 12.0. The minimum absolute atomic E-state index is 0.00523. The van der Waals surface area contributed by atoms with Gasteiger partial charge in [0, 0.05) is 41.3 Å². The number of primary amides is 2. The van der Waals surface area contributed by atoms with Crippen LogP contribution in [0.2, 0.25) is 0 Å².